The van der Waals surface area contributed by atoms with Gasteiger partial charge in [-0.05, 0) is 11.8 Å². The smallest absolute Gasteiger partial charge is 0.419 e. The Morgan fingerprint density at radius 2 is 1.62 bits per heavy atom. The van der Waals surface area contributed by atoms with Gasteiger partial charge in [-0.1, -0.05) is 27.7 Å². The molecule has 0 fully saturated rings. The second-order valence-electron chi connectivity index (χ2n) is 4.11. The van der Waals surface area contributed by atoms with Crippen molar-refractivity contribution in [2.45, 2.75) is 27.7 Å². The molecule has 0 heterocycles. The second-order valence-corrected chi connectivity index (χ2v) is 4.11. The third-order valence-corrected chi connectivity index (χ3v) is 1.42. The summed E-state index contributed by atoms with van der Waals surface area (Å²) in [6.45, 7) is 9.77. The first kappa shape index (κ1) is 12.2. The van der Waals surface area contributed by atoms with Crippen LogP contribution in [0.15, 0.2) is 0 Å². The molecular weight excluding hydrogens is 168 g/mol. The molecule has 0 rings (SSSR count). The highest BCUT2D eigenvalue weighted by molar-refractivity contribution is 5.63. The van der Waals surface area contributed by atoms with E-state index in [-0.39, 0.29) is 0 Å². The first-order valence-electron chi connectivity index (χ1n) is 4.66. The number of carbonyl (C=O) groups is 1. The van der Waals surface area contributed by atoms with Crippen LogP contribution >= 0.6 is 0 Å². The molecule has 0 aliphatic heterocycles. The van der Waals surface area contributed by atoms with Gasteiger partial charge in [0.2, 0.25) is 0 Å². The van der Waals surface area contributed by atoms with Gasteiger partial charge in [0.05, 0.1) is 0 Å². The van der Waals surface area contributed by atoms with Gasteiger partial charge in [0.15, 0.2) is 0 Å². The summed E-state index contributed by atoms with van der Waals surface area (Å²) >= 11 is 0. The molecule has 0 unspecified atom stereocenters. The van der Waals surface area contributed by atoms with Crippen LogP contribution in [0.4, 0.5) is 4.79 Å². The number of nitrogens with zero attached hydrogens (tertiary/aromatic N) is 1. The van der Waals surface area contributed by atoms with E-state index in [1.54, 1.807) is 5.01 Å². The summed E-state index contributed by atoms with van der Waals surface area (Å²) in [5.41, 5.74) is 2.39. The largest absolute Gasteiger partial charge is 0.464 e. The highest BCUT2D eigenvalue weighted by Crippen LogP contribution is 2.00. The van der Waals surface area contributed by atoms with Crippen LogP contribution in [-0.4, -0.2) is 29.3 Å². The van der Waals surface area contributed by atoms with E-state index in [4.69, 9.17) is 5.11 Å². The van der Waals surface area contributed by atoms with Crippen molar-refractivity contribution in [2.75, 3.05) is 13.1 Å². The molecule has 13 heavy (non-hydrogen) atoms. The molecule has 0 saturated heterocycles. The van der Waals surface area contributed by atoms with E-state index in [0.717, 1.165) is 13.1 Å². The molecule has 0 aliphatic carbocycles. The Kier molecular flexibility index (Phi) is 5.46. The van der Waals surface area contributed by atoms with Crippen molar-refractivity contribution in [3.05, 3.63) is 0 Å². The summed E-state index contributed by atoms with van der Waals surface area (Å²) in [6, 6.07) is 0. The number of hydrogen-bond donors (Lipinski definition) is 2. The Morgan fingerprint density at radius 1 is 1.23 bits per heavy atom. The van der Waals surface area contributed by atoms with Crippen molar-refractivity contribution in [3.63, 3.8) is 0 Å². The van der Waals surface area contributed by atoms with Crippen LogP contribution in [0.5, 0.6) is 0 Å². The first-order chi connectivity index (χ1) is 5.91. The molecule has 0 atom stereocenters. The fraction of sp³-hybridized carbons (Fsp3) is 0.889. The molecule has 0 radical (unpaired) electrons. The predicted octanol–water partition coefficient (Wildman–Crippen LogP) is 1.78. The van der Waals surface area contributed by atoms with Crippen molar-refractivity contribution in [1.29, 1.82) is 0 Å². The fourth-order valence-corrected chi connectivity index (χ4v) is 1.18. The van der Waals surface area contributed by atoms with Crippen LogP contribution in [0, 0.1) is 11.8 Å². The summed E-state index contributed by atoms with van der Waals surface area (Å²) in [6.07, 6.45) is -0.985. The van der Waals surface area contributed by atoms with E-state index in [1.165, 1.54) is 0 Å². The van der Waals surface area contributed by atoms with Crippen molar-refractivity contribution >= 4 is 6.09 Å². The van der Waals surface area contributed by atoms with Crippen LogP contribution in [-0.2, 0) is 0 Å². The maximum atomic E-state index is 10.4. The minimum Gasteiger partial charge on any atom is -0.464 e. The third kappa shape index (κ3) is 7.59. The fourth-order valence-electron chi connectivity index (χ4n) is 1.18. The normalized spacial score (nSPS) is 11.3. The van der Waals surface area contributed by atoms with Gasteiger partial charge in [-0.25, -0.2) is 9.80 Å². The van der Waals surface area contributed by atoms with Gasteiger partial charge in [0, 0.05) is 13.1 Å². The lowest BCUT2D eigenvalue weighted by molar-refractivity contribution is 0.121. The van der Waals surface area contributed by atoms with E-state index in [2.05, 4.69) is 33.1 Å². The van der Waals surface area contributed by atoms with Crippen LogP contribution in [0.25, 0.3) is 0 Å². The molecule has 0 aromatic rings. The third-order valence-electron chi connectivity index (χ3n) is 1.42. The summed E-state index contributed by atoms with van der Waals surface area (Å²) in [4.78, 5) is 10.4. The highest BCUT2D eigenvalue weighted by atomic mass is 16.4. The highest BCUT2D eigenvalue weighted by Gasteiger charge is 2.10. The molecule has 78 valence electrons. The van der Waals surface area contributed by atoms with Crippen molar-refractivity contribution < 1.29 is 9.90 Å². The standard InChI is InChI=1S/C9H20N2O2/c1-7(2)5-11(6-8(3)4)10-9(12)13/h7-8,10H,5-6H2,1-4H3,(H,12,13). The van der Waals surface area contributed by atoms with Gasteiger partial charge in [0.25, 0.3) is 0 Å². The number of carboxylic acid groups (broad SMARTS) is 1. The summed E-state index contributed by atoms with van der Waals surface area (Å²) in [7, 11) is 0. The SMILES string of the molecule is CC(C)CN(CC(C)C)NC(=O)O. The zero-order valence-corrected chi connectivity index (χ0v) is 8.87. The van der Waals surface area contributed by atoms with Crippen LogP contribution < -0.4 is 5.43 Å². The molecule has 4 nitrogen and oxygen atoms in total. The monoisotopic (exact) mass is 188 g/mol. The van der Waals surface area contributed by atoms with Crippen molar-refractivity contribution in [2.24, 2.45) is 11.8 Å². The molecule has 0 spiro atoms. The lowest BCUT2D eigenvalue weighted by atomic mass is 10.2. The number of rotatable bonds is 5. The second kappa shape index (κ2) is 5.80. The molecule has 0 bridgehead atoms. The van der Waals surface area contributed by atoms with E-state index in [1.807, 2.05) is 0 Å². The number of nitrogens with one attached hydrogen (secondary N) is 1. The van der Waals surface area contributed by atoms with Crippen molar-refractivity contribution in [3.8, 4) is 0 Å². The van der Waals surface area contributed by atoms with Crippen LogP contribution in [0.3, 0.4) is 0 Å². The van der Waals surface area contributed by atoms with Gasteiger partial charge >= 0.3 is 6.09 Å². The maximum absolute atomic E-state index is 10.4. The summed E-state index contributed by atoms with van der Waals surface area (Å²) in [5, 5.41) is 10.3. The van der Waals surface area contributed by atoms with Crippen LogP contribution in [0.1, 0.15) is 27.7 Å². The van der Waals surface area contributed by atoms with Gasteiger partial charge in [-0.2, -0.15) is 0 Å². The van der Waals surface area contributed by atoms with Gasteiger partial charge in [-0.3, -0.25) is 5.43 Å². The molecule has 2 N–H and O–H groups in total. The molecule has 0 aliphatic rings. The number of hydrogen-bond acceptors (Lipinski definition) is 2. The minimum absolute atomic E-state index is 0.464. The maximum Gasteiger partial charge on any atom is 0.419 e. The van der Waals surface area contributed by atoms with E-state index < -0.39 is 6.09 Å². The van der Waals surface area contributed by atoms with Crippen LogP contribution in [0.2, 0.25) is 0 Å². The zero-order chi connectivity index (χ0) is 10.4. The average Bonchev–Trinajstić information content (AvgIpc) is 1.80. The number of amides is 1. The lowest BCUT2D eigenvalue weighted by Crippen LogP contribution is -2.45. The van der Waals surface area contributed by atoms with Gasteiger partial charge in [-0.15, -0.1) is 0 Å². The topological polar surface area (TPSA) is 52.6 Å². The summed E-state index contributed by atoms with van der Waals surface area (Å²) < 4.78 is 0. The molecule has 1 amide bonds. The Balaban J connectivity index is 3.95. The average molecular weight is 188 g/mol. The van der Waals surface area contributed by atoms with Crippen molar-refractivity contribution in [1.82, 2.24) is 10.4 Å². The Labute approximate surface area is 79.9 Å². The Bertz CT molecular complexity index is 148. The zero-order valence-electron chi connectivity index (χ0n) is 8.87. The van der Waals surface area contributed by atoms with E-state index >= 15 is 0 Å². The molecular formula is C9H20N2O2. The molecule has 0 aromatic carbocycles. The number of hydrazine groups is 1. The van der Waals surface area contributed by atoms with E-state index in [0.29, 0.717) is 11.8 Å². The predicted molar refractivity (Wildman–Crippen MR) is 52.4 cm³/mol. The minimum atomic E-state index is -0.985. The summed E-state index contributed by atoms with van der Waals surface area (Å²) in [5.74, 6) is 0.927. The molecule has 4 heteroatoms. The first-order valence-corrected chi connectivity index (χ1v) is 4.66. The Hall–Kier alpha value is -0.770. The van der Waals surface area contributed by atoms with Gasteiger partial charge < -0.3 is 5.11 Å². The molecule has 0 aromatic heterocycles. The molecule has 0 saturated carbocycles. The quantitative estimate of drug-likeness (QED) is 0.647. The Morgan fingerprint density at radius 3 is 1.85 bits per heavy atom. The lowest BCUT2D eigenvalue weighted by Gasteiger charge is -2.24. The van der Waals surface area contributed by atoms with E-state index in [9.17, 15) is 4.79 Å². The van der Waals surface area contributed by atoms with Gasteiger partial charge in [0.1, 0.15) is 0 Å².